The van der Waals surface area contributed by atoms with E-state index in [1.165, 1.54) is 0 Å². The molecule has 3 aromatic rings. The van der Waals surface area contributed by atoms with E-state index >= 15 is 0 Å². The second-order valence-electron chi connectivity index (χ2n) is 8.84. The van der Waals surface area contributed by atoms with Gasteiger partial charge in [-0.2, -0.15) is 5.10 Å². The van der Waals surface area contributed by atoms with Crippen LogP contribution >= 0.6 is 0 Å². The first kappa shape index (κ1) is 19.0. The molecule has 0 aliphatic heterocycles. The molecule has 0 radical (unpaired) electrons. The number of nitrogens with one attached hydrogen (secondary N) is 2. The van der Waals surface area contributed by atoms with Crippen molar-refractivity contribution in [2.45, 2.75) is 52.5 Å². The largest absolute Gasteiger partial charge is 0.497 e. The maximum absolute atomic E-state index is 12.9. The standard InChI is InChI=1S/C21H28N4O2/c1-20(2,3)17-12-18(25(24-17)21(4,5)6)23-19(26)16-10-13-8-9-14(27-7)11-15(13)22-16/h8-12,22H,1-7H3,(H,23,26). The Balaban J connectivity index is 1.95. The van der Waals surface area contributed by atoms with Crippen LogP contribution in [0.5, 0.6) is 5.75 Å². The molecule has 2 aromatic heterocycles. The van der Waals surface area contributed by atoms with E-state index in [1.54, 1.807) is 7.11 Å². The van der Waals surface area contributed by atoms with E-state index in [0.717, 1.165) is 22.3 Å². The first-order valence-electron chi connectivity index (χ1n) is 9.08. The molecule has 2 N–H and O–H groups in total. The third-order valence-electron chi connectivity index (χ3n) is 4.43. The van der Waals surface area contributed by atoms with Crippen molar-refractivity contribution in [2.24, 2.45) is 0 Å². The van der Waals surface area contributed by atoms with Crippen LogP contribution in [0.25, 0.3) is 10.9 Å². The average Bonchev–Trinajstić information content (AvgIpc) is 3.17. The summed E-state index contributed by atoms with van der Waals surface area (Å²) in [6, 6.07) is 9.48. The highest BCUT2D eigenvalue weighted by molar-refractivity contribution is 6.05. The van der Waals surface area contributed by atoms with Crippen LogP contribution in [0, 0.1) is 0 Å². The van der Waals surface area contributed by atoms with Crippen molar-refractivity contribution in [3.05, 3.63) is 41.7 Å². The van der Waals surface area contributed by atoms with Crippen LogP contribution in [0.15, 0.2) is 30.3 Å². The van der Waals surface area contributed by atoms with E-state index in [9.17, 15) is 4.79 Å². The number of ether oxygens (including phenoxy) is 1. The molecule has 2 heterocycles. The molecule has 0 saturated heterocycles. The molecule has 0 spiro atoms. The second-order valence-corrected chi connectivity index (χ2v) is 8.84. The van der Waals surface area contributed by atoms with Gasteiger partial charge in [0.25, 0.3) is 5.91 Å². The predicted octanol–water partition coefficient (Wildman–Crippen LogP) is 4.68. The Morgan fingerprint density at radius 2 is 1.81 bits per heavy atom. The van der Waals surface area contributed by atoms with E-state index in [2.05, 4.69) is 51.8 Å². The molecule has 6 nitrogen and oxygen atoms in total. The van der Waals surface area contributed by atoms with E-state index in [-0.39, 0.29) is 16.9 Å². The number of carbonyl (C=O) groups is 1. The molecule has 0 bridgehead atoms. The summed E-state index contributed by atoms with van der Waals surface area (Å²) < 4.78 is 7.12. The average molecular weight is 368 g/mol. The van der Waals surface area contributed by atoms with E-state index < -0.39 is 0 Å². The highest BCUT2D eigenvalue weighted by Crippen LogP contribution is 2.29. The summed E-state index contributed by atoms with van der Waals surface area (Å²) in [5.41, 5.74) is 1.94. The molecule has 0 fully saturated rings. The maximum atomic E-state index is 12.9. The fourth-order valence-corrected chi connectivity index (χ4v) is 2.89. The summed E-state index contributed by atoms with van der Waals surface area (Å²) in [6.07, 6.45) is 0. The van der Waals surface area contributed by atoms with Crippen LogP contribution in [-0.4, -0.2) is 27.8 Å². The number of aromatic amines is 1. The molecule has 0 atom stereocenters. The summed E-state index contributed by atoms with van der Waals surface area (Å²) in [5, 5.41) is 8.71. The second kappa shape index (κ2) is 6.44. The zero-order valence-corrected chi connectivity index (χ0v) is 17.1. The molecule has 27 heavy (non-hydrogen) atoms. The molecular formula is C21H28N4O2. The number of methoxy groups -OCH3 is 1. The van der Waals surface area contributed by atoms with Crippen molar-refractivity contribution in [3.8, 4) is 5.75 Å². The minimum atomic E-state index is -0.250. The van der Waals surface area contributed by atoms with Crippen molar-refractivity contribution in [1.82, 2.24) is 14.8 Å². The quantitative estimate of drug-likeness (QED) is 0.705. The van der Waals surface area contributed by atoms with Gasteiger partial charge in [0.2, 0.25) is 0 Å². The number of rotatable bonds is 3. The van der Waals surface area contributed by atoms with Crippen LogP contribution in [0.3, 0.4) is 0 Å². The monoisotopic (exact) mass is 368 g/mol. The maximum Gasteiger partial charge on any atom is 0.273 e. The molecule has 144 valence electrons. The molecule has 3 rings (SSSR count). The van der Waals surface area contributed by atoms with Crippen molar-refractivity contribution < 1.29 is 9.53 Å². The molecule has 0 aliphatic carbocycles. The van der Waals surface area contributed by atoms with Crippen LogP contribution in [0.1, 0.15) is 57.7 Å². The highest BCUT2D eigenvalue weighted by Gasteiger charge is 2.26. The lowest BCUT2D eigenvalue weighted by molar-refractivity contribution is 0.102. The van der Waals surface area contributed by atoms with Crippen molar-refractivity contribution in [2.75, 3.05) is 12.4 Å². The van der Waals surface area contributed by atoms with Crippen LogP contribution < -0.4 is 10.1 Å². The van der Waals surface area contributed by atoms with Gasteiger partial charge >= 0.3 is 0 Å². The van der Waals surface area contributed by atoms with E-state index in [4.69, 9.17) is 9.84 Å². The Labute approximate surface area is 159 Å². The van der Waals surface area contributed by atoms with Gasteiger partial charge in [0.15, 0.2) is 0 Å². The fraction of sp³-hybridized carbons (Fsp3) is 0.429. The Kier molecular flexibility index (Phi) is 4.54. The Hall–Kier alpha value is -2.76. The van der Waals surface area contributed by atoms with E-state index in [1.807, 2.05) is 35.0 Å². The third-order valence-corrected chi connectivity index (χ3v) is 4.43. The zero-order valence-electron chi connectivity index (χ0n) is 17.1. The number of hydrogen-bond acceptors (Lipinski definition) is 3. The molecular weight excluding hydrogens is 340 g/mol. The number of anilines is 1. The molecule has 0 unspecified atom stereocenters. The normalized spacial score (nSPS) is 12.4. The smallest absolute Gasteiger partial charge is 0.273 e. The number of amides is 1. The van der Waals surface area contributed by atoms with Crippen molar-refractivity contribution in [3.63, 3.8) is 0 Å². The number of hydrogen-bond donors (Lipinski definition) is 2. The van der Waals surface area contributed by atoms with Gasteiger partial charge in [-0.05, 0) is 39.0 Å². The number of benzene rings is 1. The zero-order chi connectivity index (χ0) is 20.0. The summed E-state index contributed by atoms with van der Waals surface area (Å²) in [7, 11) is 1.62. The highest BCUT2D eigenvalue weighted by atomic mass is 16.5. The predicted molar refractivity (Wildman–Crippen MR) is 109 cm³/mol. The van der Waals surface area contributed by atoms with Gasteiger partial charge in [-0.15, -0.1) is 0 Å². The molecule has 1 aromatic carbocycles. The van der Waals surface area contributed by atoms with Crippen molar-refractivity contribution in [1.29, 1.82) is 0 Å². The lowest BCUT2D eigenvalue weighted by atomic mass is 9.92. The minimum Gasteiger partial charge on any atom is -0.497 e. The van der Waals surface area contributed by atoms with Gasteiger partial charge in [0.05, 0.1) is 18.3 Å². The summed E-state index contributed by atoms with van der Waals surface area (Å²) in [6.45, 7) is 12.5. The number of H-pyrrole nitrogens is 1. The van der Waals surface area contributed by atoms with Crippen LogP contribution in [0.4, 0.5) is 5.82 Å². The summed E-state index contributed by atoms with van der Waals surface area (Å²) in [4.78, 5) is 16.0. The lowest BCUT2D eigenvalue weighted by Gasteiger charge is -2.22. The fourth-order valence-electron chi connectivity index (χ4n) is 2.89. The van der Waals surface area contributed by atoms with Gasteiger partial charge in [0.1, 0.15) is 17.3 Å². The van der Waals surface area contributed by atoms with Crippen LogP contribution in [0.2, 0.25) is 0 Å². The SMILES string of the molecule is COc1ccc2cc(C(=O)Nc3cc(C(C)(C)C)nn3C(C)(C)C)[nH]c2c1. The van der Waals surface area contributed by atoms with Gasteiger partial charge in [-0.25, -0.2) is 4.68 Å². The summed E-state index contributed by atoms with van der Waals surface area (Å²) in [5.74, 6) is 1.24. The first-order chi connectivity index (χ1) is 12.5. The Bertz CT molecular complexity index is 984. The Morgan fingerprint density at radius 1 is 1.11 bits per heavy atom. The molecule has 1 amide bonds. The van der Waals surface area contributed by atoms with Gasteiger partial charge in [-0.3, -0.25) is 4.79 Å². The van der Waals surface area contributed by atoms with Gasteiger partial charge < -0.3 is 15.0 Å². The third kappa shape index (κ3) is 3.84. The lowest BCUT2D eigenvalue weighted by Crippen LogP contribution is -2.27. The number of fused-ring (bicyclic) bond motifs is 1. The number of aromatic nitrogens is 3. The van der Waals surface area contributed by atoms with Gasteiger partial charge in [0, 0.05) is 28.5 Å². The van der Waals surface area contributed by atoms with Gasteiger partial charge in [-0.1, -0.05) is 20.8 Å². The van der Waals surface area contributed by atoms with Crippen molar-refractivity contribution >= 4 is 22.6 Å². The molecule has 0 saturated carbocycles. The summed E-state index contributed by atoms with van der Waals surface area (Å²) >= 11 is 0. The van der Waals surface area contributed by atoms with E-state index in [0.29, 0.717) is 11.5 Å². The topological polar surface area (TPSA) is 71.9 Å². The first-order valence-corrected chi connectivity index (χ1v) is 9.08. The molecule has 0 aliphatic rings. The number of nitrogens with zero attached hydrogens (tertiary/aromatic N) is 2. The van der Waals surface area contributed by atoms with Crippen LogP contribution in [-0.2, 0) is 11.0 Å². The molecule has 6 heteroatoms. The number of carbonyl (C=O) groups excluding carboxylic acids is 1. The Morgan fingerprint density at radius 3 is 2.41 bits per heavy atom. The minimum absolute atomic E-state index is 0.104.